The van der Waals surface area contributed by atoms with Crippen molar-refractivity contribution < 1.29 is 19.4 Å². The molecule has 3 heterocycles. The number of hydrogen-bond acceptors (Lipinski definition) is 4. The van der Waals surface area contributed by atoms with Crippen molar-refractivity contribution in [3.05, 3.63) is 34.7 Å². The predicted octanol–water partition coefficient (Wildman–Crippen LogP) is 0.719. The van der Waals surface area contributed by atoms with Gasteiger partial charge in [-0.3, -0.25) is 9.59 Å². The van der Waals surface area contributed by atoms with E-state index in [-0.39, 0.29) is 24.1 Å². The van der Waals surface area contributed by atoms with Crippen molar-refractivity contribution in [2.24, 2.45) is 5.92 Å². The number of hydrogen-bond donors (Lipinski definition) is 1. The van der Waals surface area contributed by atoms with Crippen LogP contribution in [0.4, 0.5) is 0 Å². The molecular formula is C17H22N2O5. The number of ether oxygens (including phenoxy) is 1. The minimum atomic E-state index is -0.890. The second kappa shape index (κ2) is 7.17. The standard InChI is InChI=1S/C17H22N2O5/c20-15-3-1-2-8-19(15)11-16(21)18-9-6-12(7-10-18)13-4-5-14(24-13)17(22)23/h1-3,8,12-14H,4-7,9-11H2,(H,22,23)/t13-,14+/m0/s1. The SMILES string of the molecule is O=C(O)[C@H]1CC[C@@H](C2CCN(C(=O)Cn3ccccc3=O)CC2)O1. The number of aliphatic carboxylic acids is 1. The lowest BCUT2D eigenvalue weighted by atomic mass is 9.89. The zero-order valence-corrected chi connectivity index (χ0v) is 13.5. The molecule has 2 aliphatic heterocycles. The van der Waals surface area contributed by atoms with E-state index in [1.165, 1.54) is 10.6 Å². The quantitative estimate of drug-likeness (QED) is 0.876. The Morgan fingerprint density at radius 3 is 2.54 bits per heavy atom. The Morgan fingerprint density at radius 2 is 1.92 bits per heavy atom. The van der Waals surface area contributed by atoms with E-state index in [0.717, 1.165) is 19.3 Å². The fourth-order valence-corrected chi connectivity index (χ4v) is 3.55. The molecule has 7 heteroatoms. The van der Waals surface area contributed by atoms with Crippen molar-refractivity contribution in [1.82, 2.24) is 9.47 Å². The predicted molar refractivity (Wildman–Crippen MR) is 85.5 cm³/mol. The molecule has 3 rings (SSSR count). The molecule has 0 saturated carbocycles. The van der Waals surface area contributed by atoms with Crippen LogP contribution in [0, 0.1) is 5.92 Å². The monoisotopic (exact) mass is 334 g/mol. The average Bonchev–Trinajstić information content (AvgIpc) is 3.07. The van der Waals surface area contributed by atoms with Gasteiger partial charge in [0.15, 0.2) is 6.10 Å². The van der Waals surface area contributed by atoms with Crippen molar-refractivity contribution in [2.45, 2.75) is 44.4 Å². The Labute approximate surface area is 139 Å². The van der Waals surface area contributed by atoms with Crippen LogP contribution in [-0.4, -0.2) is 51.7 Å². The molecule has 2 atom stereocenters. The molecule has 0 bridgehead atoms. The fraction of sp³-hybridized carbons (Fsp3) is 0.588. The molecular weight excluding hydrogens is 312 g/mol. The van der Waals surface area contributed by atoms with Gasteiger partial charge in [-0.05, 0) is 37.7 Å². The number of rotatable bonds is 4. The number of aromatic nitrogens is 1. The maximum atomic E-state index is 12.3. The number of carbonyl (C=O) groups is 2. The maximum absolute atomic E-state index is 12.3. The summed E-state index contributed by atoms with van der Waals surface area (Å²) in [4.78, 5) is 36.8. The number of carboxylic acids is 1. The van der Waals surface area contributed by atoms with E-state index in [1.54, 1.807) is 23.2 Å². The number of carbonyl (C=O) groups excluding carboxylic acids is 1. The van der Waals surface area contributed by atoms with Crippen LogP contribution < -0.4 is 5.56 Å². The molecule has 24 heavy (non-hydrogen) atoms. The number of amides is 1. The second-order valence-electron chi connectivity index (χ2n) is 6.46. The summed E-state index contributed by atoms with van der Waals surface area (Å²) in [7, 11) is 0. The molecule has 0 radical (unpaired) electrons. The fourth-order valence-electron chi connectivity index (χ4n) is 3.55. The van der Waals surface area contributed by atoms with Gasteiger partial charge in [0.25, 0.3) is 5.56 Å². The van der Waals surface area contributed by atoms with Gasteiger partial charge >= 0.3 is 5.97 Å². The summed E-state index contributed by atoms with van der Waals surface area (Å²) in [5, 5.41) is 9.00. The summed E-state index contributed by atoms with van der Waals surface area (Å²) in [6.07, 6.45) is 3.88. The summed E-state index contributed by atoms with van der Waals surface area (Å²) < 4.78 is 7.03. The summed E-state index contributed by atoms with van der Waals surface area (Å²) in [6, 6.07) is 4.83. The lowest BCUT2D eigenvalue weighted by molar-refractivity contribution is -0.151. The van der Waals surface area contributed by atoms with Crippen LogP contribution in [0.5, 0.6) is 0 Å². The number of piperidine rings is 1. The summed E-state index contributed by atoms with van der Waals surface area (Å²) >= 11 is 0. The van der Waals surface area contributed by atoms with Crippen LogP contribution in [0.3, 0.4) is 0 Å². The molecule has 1 aromatic heterocycles. The number of pyridine rings is 1. The van der Waals surface area contributed by atoms with Crippen molar-refractivity contribution in [2.75, 3.05) is 13.1 Å². The van der Waals surface area contributed by atoms with E-state index < -0.39 is 12.1 Å². The van der Waals surface area contributed by atoms with Gasteiger partial charge in [0.1, 0.15) is 6.54 Å². The van der Waals surface area contributed by atoms with Crippen molar-refractivity contribution in [1.29, 1.82) is 0 Å². The zero-order chi connectivity index (χ0) is 17.1. The summed E-state index contributed by atoms with van der Waals surface area (Å²) in [5.74, 6) is -0.645. The molecule has 2 fully saturated rings. The largest absolute Gasteiger partial charge is 0.479 e. The minimum Gasteiger partial charge on any atom is -0.479 e. The minimum absolute atomic E-state index is 0.0138. The Bertz CT molecular complexity index is 663. The van der Waals surface area contributed by atoms with Gasteiger partial charge < -0.3 is 19.3 Å². The summed E-state index contributed by atoms with van der Waals surface area (Å²) in [5.41, 5.74) is -0.181. The Morgan fingerprint density at radius 1 is 1.17 bits per heavy atom. The molecule has 130 valence electrons. The normalized spacial score (nSPS) is 24.9. The average molecular weight is 334 g/mol. The highest BCUT2D eigenvalue weighted by atomic mass is 16.5. The van der Waals surface area contributed by atoms with Crippen LogP contribution in [-0.2, 0) is 20.9 Å². The van der Waals surface area contributed by atoms with Crippen molar-refractivity contribution in [3.63, 3.8) is 0 Å². The van der Waals surface area contributed by atoms with Crippen molar-refractivity contribution >= 4 is 11.9 Å². The van der Waals surface area contributed by atoms with Crippen molar-refractivity contribution in [3.8, 4) is 0 Å². The third-order valence-corrected chi connectivity index (χ3v) is 4.95. The lowest BCUT2D eigenvalue weighted by Gasteiger charge is -2.34. The van der Waals surface area contributed by atoms with E-state index in [9.17, 15) is 14.4 Å². The second-order valence-corrected chi connectivity index (χ2v) is 6.46. The molecule has 0 aliphatic carbocycles. The van der Waals surface area contributed by atoms with E-state index in [2.05, 4.69) is 0 Å². The molecule has 2 aliphatic rings. The summed E-state index contributed by atoms with van der Waals surface area (Å²) in [6.45, 7) is 1.32. The molecule has 2 saturated heterocycles. The van der Waals surface area contributed by atoms with E-state index in [1.807, 2.05) is 0 Å². The van der Waals surface area contributed by atoms with Crippen LogP contribution in [0.1, 0.15) is 25.7 Å². The first-order chi connectivity index (χ1) is 11.5. The van der Waals surface area contributed by atoms with Crippen LogP contribution in [0.25, 0.3) is 0 Å². The number of nitrogens with zero attached hydrogens (tertiary/aromatic N) is 2. The first-order valence-electron chi connectivity index (χ1n) is 8.36. The number of carboxylic acid groups (broad SMARTS) is 1. The Balaban J connectivity index is 1.50. The van der Waals surface area contributed by atoms with E-state index >= 15 is 0 Å². The highest BCUT2D eigenvalue weighted by Crippen LogP contribution is 2.31. The molecule has 0 spiro atoms. The molecule has 0 unspecified atom stereocenters. The Kier molecular flexibility index (Phi) is 4.99. The first-order valence-corrected chi connectivity index (χ1v) is 8.36. The highest BCUT2D eigenvalue weighted by molar-refractivity contribution is 5.76. The van der Waals surface area contributed by atoms with Crippen LogP contribution >= 0.6 is 0 Å². The van der Waals surface area contributed by atoms with Gasteiger partial charge in [-0.15, -0.1) is 0 Å². The van der Waals surface area contributed by atoms with Gasteiger partial charge in [-0.2, -0.15) is 0 Å². The van der Waals surface area contributed by atoms with Crippen LogP contribution in [0.2, 0.25) is 0 Å². The molecule has 1 aromatic rings. The third-order valence-electron chi connectivity index (χ3n) is 4.95. The van der Waals surface area contributed by atoms with Gasteiger partial charge in [0, 0.05) is 25.4 Å². The molecule has 0 aromatic carbocycles. The number of likely N-dealkylation sites (tertiary alicyclic amines) is 1. The van der Waals surface area contributed by atoms with E-state index in [4.69, 9.17) is 9.84 Å². The Hall–Kier alpha value is -2.15. The smallest absolute Gasteiger partial charge is 0.332 e. The van der Waals surface area contributed by atoms with E-state index in [0.29, 0.717) is 25.4 Å². The van der Waals surface area contributed by atoms with Crippen LogP contribution in [0.15, 0.2) is 29.2 Å². The van der Waals surface area contributed by atoms with Gasteiger partial charge in [-0.1, -0.05) is 6.07 Å². The first kappa shape index (κ1) is 16.7. The highest BCUT2D eigenvalue weighted by Gasteiger charge is 2.37. The lowest BCUT2D eigenvalue weighted by Crippen LogP contribution is -2.43. The third kappa shape index (κ3) is 3.67. The van der Waals surface area contributed by atoms with Gasteiger partial charge in [0.2, 0.25) is 5.91 Å². The molecule has 1 N–H and O–H groups in total. The zero-order valence-electron chi connectivity index (χ0n) is 13.5. The molecule has 7 nitrogen and oxygen atoms in total. The maximum Gasteiger partial charge on any atom is 0.332 e. The van der Waals surface area contributed by atoms with Gasteiger partial charge in [0.05, 0.1) is 6.10 Å². The molecule has 1 amide bonds. The topological polar surface area (TPSA) is 88.8 Å². The van der Waals surface area contributed by atoms with Gasteiger partial charge in [-0.25, -0.2) is 4.79 Å².